The Morgan fingerprint density at radius 1 is 0.950 bits per heavy atom. The highest BCUT2D eigenvalue weighted by Gasteiger charge is 1.99. The van der Waals surface area contributed by atoms with Gasteiger partial charge in [-0.05, 0) is 23.8 Å². The number of hydrogen-bond donors (Lipinski definition) is 1. The van der Waals surface area contributed by atoms with Crippen molar-refractivity contribution in [3.05, 3.63) is 71.8 Å². The van der Waals surface area contributed by atoms with Crippen LogP contribution in [0.2, 0.25) is 0 Å². The zero-order chi connectivity index (χ0) is 14.4. The second kappa shape index (κ2) is 6.48. The van der Waals surface area contributed by atoms with Crippen LogP contribution >= 0.6 is 0 Å². The van der Waals surface area contributed by atoms with Crippen molar-refractivity contribution in [1.82, 2.24) is 0 Å². The molecule has 0 atom stereocenters. The van der Waals surface area contributed by atoms with E-state index in [4.69, 9.17) is 0 Å². The van der Waals surface area contributed by atoms with E-state index in [0.717, 1.165) is 11.3 Å². The number of anilines is 1. The van der Waals surface area contributed by atoms with Gasteiger partial charge in [0, 0.05) is 18.2 Å². The fourth-order valence-corrected chi connectivity index (χ4v) is 1.75. The molecule has 20 heavy (non-hydrogen) atoms. The maximum absolute atomic E-state index is 11.9. The zero-order valence-electron chi connectivity index (χ0n) is 11.2. The van der Waals surface area contributed by atoms with E-state index < -0.39 is 0 Å². The molecule has 1 N–H and O–H groups in total. The Kier molecular flexibility index (Phi) is 4.45. The molecule has 100 valence electrons. The summed E-state index contributed by atoms with van der Waals surface area (Å²) < 4.78 is 0. The third kappa shape index (κ3) is 3.92. The summed E-state index contributed by atoms with van der Waals surface area (Å²) in [5.41, 5.74) is 2.31. The average Bonchev–Trinajstić information content (AvgIpc) is 2.46. The lowest BCUT2D eigenvalue weighted by Crippen LogP contribution is -2.05. The summed E-state index contributed by atoms with van der Waals surface area (Å²) in [6.45, 7) is 1.46. The van der Waals surface area contributed by atoms with Crippen LogP contribution in [0.3, 0.4) is 0 Å². The molecule has 0 saturated carbocycles. The normalized spacial score (nSPS) is 10.4. The van der Waals surface area contributed by atoms with E-state index in [1.54, 1.807) is 36.4 Å². The van der Waals surface area contributed by atoms with Gasteiger partial charge < -0.3 is 5.32 Å². The van der Waals surface area contributed by atoms with Crippen LogP contribution < -0.4 is 5.32 Å². The number of carbonyl (C=O) groups excluding carboxylic acids is 2. The molecule has 0 fully saturated rings. The molecule has 3 heteroatoms. The molecular weight excluding hydrogens is 250 g/mol. The van der Waals surface area contributed by atoms with E-state index >= 15 is 0 Å². The SMILES string of the molecule is CC(=O)Nc1ccc(/C=C/C(=O)c2ccccc2)cc1. The first-order valence-corrected chi connectivity index (χ1v) is 6.30. The number of carbonyl (C=O) groups is 2. The van der Waals surface area contributed by atoms with E-state index in [9.17, 15) is 9.59 Å². The van der Waals surface area contributed by atoms with E-state index in [-0.39, 0.29) is 11.7 Å². The topological polar surface area (TPSA) is 46.2 Å². The first-order valence-electron chi connectivity index (χ1n) is 6.30. The lowest BCUT2D eigenvalue weighted by molar-refractivity contribution is -0.114. The number of allylic oxidation sites excluding steroid dienone is 1. The smallest absolute Gasteiger partial charge is 0.221 e. The van der Waals surface area contributed by atoms with Gasteiger partial charge in [-0.3, -0.25) is 9.59 Å². The molecule has 3 nitrogen and oxygen atoms in total. The molecule has 0 aliphatic heterocycles. The van der Waals surface area contributed by atoms with E-state index in [1.165, 1.54) is 6.92 Å². The van der Waals surface area contributed by atoms with E-state index in [0.29, 0.717) is 5.56 Å². The van der Waals surface area contributed by atoms with Crippen molar-refractivity contribution in [3.8, 4) is 0 Å². The predicted molar refractivity (Wildman–Crippen MR) is 80.6 cm³/mol. The largest absolute Gasteiger partial charge is 0.326 e. The number of amides is 1. The fraction of sp³-hybridized carbons (Fsp3) is 0.0588. The van der Waals surface area contributed by atoms with Crippen molar-refractivity contribution >= 4 is 23.5 Å². The maximum Gasteiger partial charge on any atom is 0.221 e. The van der Waals surface area contributed by atoms with Crippen molar-refractivity contribution in [2.24, 2.45) is 0 Å². The molecule has 2 aromatic rings. The molecule has 0 aromatic heterocycles. The second-order valence-corrected chi connectivity index (χ2v) is 4.37. The van der Waals surface area contributed by atoms with Crippen LogP contribution in [0.4, 0.5) is 5.69 Å². The van der Waals surface area contributed by atoms with Gasteiger partial charge in [0.25, 0.3) is 0 Å². The summed E-state index contributed by atoms with van der Waals surface area (Å²) >= 11 is 0. The van der Waals surface area contributed by atoms with Crippen LogP contribution in [0.25, 0.3) is 6.08 Å². The number of ketones is 1. The molecule has 0 radical (unpaired) electrons. The van der Waals surface area contributed by atoms with Gasteiger partial charge in [-0.1, -0.05) is 48.5 Å². The number of nitrogens with one attached hydrogen (secondary N) is 1. The zero-order valence-corrected chi connectivity index (χ0v) is 11.2. The highest BCUT2D eigenvalue weighted by Crippen LogP contribution is 2.11. The van der Waals surface area contributed by atoms with Gasteiger partial charge >= 0.3 is 0 Å². The quantitative estimate of drug-likeness (QED) is 0.679. The third-order valence-electron chi connectivity index (χ3n) is 2.72. The molecule has 0 heterocycles. The molecule has 0 aliphatic carbocycles. The number of benzene rings is 2. The monoisotopic (exact) mass is 265 g/mol. The summed E-state index contributed by atoms with van der Waals surface area (Å²) in [4.78, 5) is 22.8. The Balaban J connectivity index is 2.04. The standard InChI is InChI=1S/C17H15NO2/c1-13(19)18-16-10-7-14(8-11-16)9-12-17(20)15-5-3-2-4-6-15/h2-12H,1H3,(H,18,19)/b12-9+. The molecule has 2 aromatic carbocycles. The average molecular weight is 265 g/mol. The Bertz CT molecular complexity index is 628. The van der Waals surface area contributed by atoms with Crippen molar-refractivity contribution < 1.29 is 9.59 Å². The minimum absolute atomic E-state index is 0.0310. The highest BCUT2D eigenvalue weighted by molar-refractivity contribution is 6.06. The molecule has 0 spiro atoms. The van der Waals surface area contributed by atoms with Crippen molar-refractivity contribution in [1.29, 1.82) is 0 Å². The summed E-state index contributed by atoms with van der Waals surface area (Å²) in [6, 6.07) is 16.4. The van der Waals surface area contributed by atoms with Crippen LogP contribution in [0.5, 0.6) is 0 Å². The lowest BCUT2D eigenvalue weighted by atomic mass is 10.1. The Hall–Kier alpha value is -2.68. The first kappa shape index (κ1) is 13.7. The third-order valence-corrected chi connectivity index (χ3v) is 2.72. The van der Waals surface area contributed by atoms with Gasteiger partial charge in [-0.2, -0.15) is 0 Å². The van der Waals surface area contributed by atoms with Crippen LogP contribution in [-0.4, -0.2) is 11.7 Å². The molecule has 0 bridgehead atoms. The molecule has 2 rings (SSSR count). The summed E-state index contributed by atoms with van der Waals surface area (Å²) in [5.74, 6) is -0.135. The first-order chi connectivity index (χ1) is 9.65. The van der Waals surface area contributed by atoms with Crippen molar-refractivity contribution in [3.63, 3.8) is 0 Å². The Morgan fingerprint density at radius 2 is 1.60 bits per heavy atom. The van der Waals surface area contributed by atoms with Crippen LogP contribution in [0, 0.1) is 0 Å². The van der Waals surface area contributed by atoms with Gasteiger partial charge in [0.1, 0.15) is 0 Å². The van der Waals surface area contributed by atoms with Crippen LogP contribution in [0.15, 0.2) is 60.7 Å². The molecule has 0 aliphatic rings. The molecule has 0 unspecified atom stereocenters. The lowest BCUT2D eigenvalue weighted by Gasteiger charge is -2.01. The van der Waals surface area contributed by atoms with Crippen LogP contribution in [0.1, 0.15) is 22.8 Å². The van der Waals surface area contributed by atoms with Gasteiger partial charge in [-0.25, -0.2) is 0 Å². The fourth-order valence-electron chi connectivity index (χ4n) is 1.75. The molecular formula is C17H15NO2. The molecule has 0 saturated heterocycles. The maximum atomic E-state index is 11.9. The Morgan fingerprint density at radius 3 is 2.20 bits per heavy atom. The van der Waals surface area contributed by atoms with Crippen molar-refractivity contribution in [2.45, 2.75) is 6.92 Å². The van der Waals surface area contributed by atoms with Gasteiger partial charge in [-0.15, -0.1) is 0 Å². The summed E-state index contributed by atoms with van der Waals surface area (Å²) in [6.07, 6.45) is 3.30. The van der Waals surface area contributed by atoms with Gasteiger partial charge in [0.15, 0.2) is 5.78 Å². The second-order valence-electron chi connectivity index (χ2n) is 4.37. The minimum Gasteiger partial charge on any atom is -0.326 e. The van der Waals surface area contributed by atoms with Crippen molar-refractivity contribution in [2.75, 3.05) is 5.32 Å². The predicted octanol–water partition coefficient (Wildman–Crippen LogP) is 3.54. The van der Waals surface area contributed by atoms with Crippen LogP contribution in [-0.2, 0) is 4.79 Å². The van der Waals surface area contributed by atoms with E-state index in [1.807, 2.05) is 30.3 Å². The van der Waals surface area contributed by atoms with Gasteiger partial charge in [0.2, 0.25) is 5.91 Å². The minimum atomic E-state index is -0.104. The summed E-state index contributed by atoms with van der Waals surface area (Å²) in [7, 11) is 0. The Labute approximate surface area is 117 Å². The highest BCUT2D eigenvalue weighted by atomic mass is 16.1. The summed E-state index contributed by atoms with van der Waals surface area (Å²) in [5, 5.41) is 2.69. The number of hydrogen-bond acceptors (Lipinski definition) is 2. The molecule has 1 amide bonds. The van der Waals surface area contributed by atoms with E-state index in [2.05, 4.69) is 5.32 Å². The van der Waals surface area contributed by atoms with Gasteiger partial charge in [0.05, 0.1) is 0 Å². The number of rotatable bonds is 4.